The van der Waals surface area contributed by atoms with Crippen molar-refractivity contribution in [3.8, 4) is 11.5 Å². The van der Waals surface area contributed by atoms with Gasteiger partial charge in [-0.3, -0.25) is 4.79 Å². The number of hydrogen-bond donors (Lipinski definition) is 2. The first-order valence-corrected chi connectivity index (χ1v) is 7.76. The Kier molecular flexibility index (Phi) is 4.35. The molecule has 116 valence electrons. The fraction of sp³-hybridized carbons (Fsp3) is 0.400. The van der Waals surface area contributed by atoms with Crippen LogP contribution in [0.15, 0.2) is 34.7 Å². The second kappa shape index (κ2) is 6.41. The molecule has 1 heterocycles. The third-order valence-electron chi connectivity index (χ3n) is 3.45. The summed E-state index contributed by atoms with van der Waals surface area (Å²) in [4.78, 5) is 13.1. The Morgan fingerprint density at radius 3 is 2.86 bits per heavy atom. The molecule has 1 aromatic heterocycles. The van der Waals surface area contributed by atoms with Gasteiger partial charge in [-0.1, -0.05) is 18.2 Å². The normalized spacial score (nSPS) is 15.5. The summed E-state index contributed by atoms with van der Waals surface area (Å²) in [5.74, 6) is 0.569. The maximum Gasteiger partial charge on any atom is 0.292 e. The predicted octanol–water partition coefficient (Wildman–Crippen LogP) is 0.623. The van der Waals surface area contributed by atoms with E-state index < -0.39 is 0 Å². The summed E-state index contributed by atoms with van der Waals surface area (Å²) in [6.07, 6.45) is 2.19. The number of carbonyl (C=O) groups excluding carboxylic acids is 1. The zero-order valence-electron chi connectivity index (χ0n) is 12.4. The Balaban J connectivity index is 1.63. The zero-order valence-corrected chi connectivity index (χ0v) is 13.2. The first-order chi connectivity index (χ1) is 10.6. The van der Waals surface area contributed by atoms with Crippen LogP contribution in [0.3, 0.4) is 0 Å². The summed E-state index contributed by atoms with van der Waals surface area (Å²) in [5, 5.41) is 7.37. The van der Waals surface area contributed by atoms with Crippen LogP contribution < -0.4 is 10.2 Å². The summed E-state index contributed by atoms with van der Waals surface area (Å²) >= 11 is 5.20. The van der Waals surface area contributed by atoms with E-state index >= 15 is 0 Å². The molecule has 1 unspecified atom stereocenters. The summed E-state index contributed by atoms with van der Waals surface area (Å²) < 4.78 is 7.16. The number of nitrogens with zero attached hydrogens (tertiary/aromatic N) is 2. The van der Waals surface area contributed by atoms with E-state index in [-0.39, 0.29) is 5.91 Å². The van der Waals surface area contributed by atoms with E-state index in [9.17, 15) is 4.79 Å². The Morgan fingerprint density at radius 1 is 1.45 bits per heavy atom. The van der Waals surface area contributed by atoms with Crippen molar-refractivity contribution in [1.29, 1.82) is 0 Å². The van der Waals surface area contributed by atoms with E-state index in [0.717, 1.165) is 23.3 Å². The molecule has 2 aromatic rings. The van der Waals surface area contributed by atoms with Crippen LogP contribution in [0.4, 0.5) is 0 Å². The van der Waals surface area contributed by atoms with E-state index in [2.05, 4.69) is 10.4 Å². The van der Waals surface area contributed by atoms with Crippen molar-refractivity contribution in [3.63, 3.8) is 0 Å². The molecule has 1 amide bonds. The molecule has 0 saturated heterocycles. The van der Waals surface area contributed by atoms with Gasteiger partial charge in [0, 0.05) is 11.6 Å². The summed E-state index contributed by atoms with van der Waals surface area (Å²) in [6, 6.07) is 10.0. The van der Waals surface area contributed by atoms with E-state index in [4.69, 9.17) is 16.6 Å². The molecule has 2 N–H and O–H groups in total. The first kappa shape index (κ1) is 14.9. The van der Waals surface area contributed by atoms with Crippen molar-refractivity contribution in [2.24, 2.45) is 0 Å². The molecule has 6 nitrogen and oxygen atoms in total. The maximum atomic E-state index is 11.8. The van der Waals surface area contributed by atoms with Crippen LogP contribution in [0.25, 0.3) is 11.5 Å². The van der Waals surface area contributed by atoms with E-state index in [0.29, 0.717) is 30.0 Å². The monoisotopic (exact) mass is 319 g/mol. The van der Waals surface area contributed by atoms with Crippen LogP contribution >= 0.6 is 12.2 Å². The molecule has 7 heteroatoms. The highest BCUT2D eigenvalue weighted by atomic mass is 32.1. The quantitative estimate of drug-likeness (QED) is 0.766. The molecule has 0 aliphatic heterocycles. The largest absolute Gasteiger partial charge is 0.409 e. The van der Waals surface area contributed by atoms with Gasteiger partial charge in [0.15, 0.2) is 13.2 Å². The highest BCUT2D eigenvalue weighted by Crippen LogP contribution is 2.18. The SMILES string of the molecule is C[NH+](CC(=O)NC1CC1)Cn1nc(-c2ccccc2)oc1=S. The molecule has 1 atom stereocenters. The van der Waals surface area contributed by atoms with Crippen LogP contribution in [-0.2, 0) is 11.5 Å². The van der Waals surface area contributed by atoms with Crippen LogP contribution in [0.1, 0.15) is 12.8 Å². The summed E-state index contributed by atoms with van der Waals surface area (Å²) in [6.45, 7) is 0.888. The van der Waals surface area contributed by atoms with Crippen molar-refractivity contribution in [2.45, 2.75) is 25.6 Å². The standard InChI is InChI=1S/C15H18N4O2S/c1-18(9-13(20)16-12-7-8-12)10-19-15(22)21-14(17-19)11-5-3-2-4-6-11/h2-6,12H,7-10H2,1H3,(H,16,20)/p+1. The minimum absolute atomic E-state index is 0.0679. The number of aromatic nitrogens is 2. The molecule has 1 fully saturated rings. The number of hydrogen-bond acceptors (Lipinski definition) is 4. The topological polar surface area (TPSA) is 64.5 Å². The van der Waals surface area contributed by atoms with Crippen LogP contribution in [-0.4, -0.2) is 35.3 Å². The smallest absolute Gasteiger partial charge is 0.292 e. The van der Waals surface area contributed by atoms with Crippen LogP contribution in [0, 0.1) is 4.84 Å². The Morgan fingerprint density at radius 2 is 2.18 bits per heavy atom. The van der Waals surface area contributed by atoms with E-state index in [1.165, 1.54) is 0 Å². The van der Waals surface area contributed by atoms with Gasteiger partial charge < -0.3 is 14.6 Å². The number of amides is 1. The van der Waals surface area contributed by atoms with Crippen molar-refractivity contribution < 1.29 is 14.1 Å². The molecule has 1 aliphatic rings. The minimum Gasteiger partial charge on any atom is -0.409 e. The zero-order chi connectivity index (χ0) is 15.5. The number of nitrogens with one attached hydrogen (secondary N) is 2. The number of carbonyl (C=O) groups is 1. The lowest BCUT2D eigenvalue weighted by Crippen LogP contribution is -3.09. The van der Waals surface area contributed by atoms with Gasteiger partial charge in [-0.2, -0.15) is 4.68 Å². The highest BCUT2D eigenvalue weighted by molar-refractivity contribution is 7.71. The molecule has 0 spiro atoms. The summed E-state index contributed by atoms with van der Waals surface area (Å²) in [5.41, 5.74) is 0.886. The average molecular weight is 319 g/mol. The lowest BCUT2D eigenvalue weighted by atomic mass is 10.2. The Labute approximate surface area is 133 Å². The average Bonchev–Trinajstić information content (AvgIpc) is 3.22. The van der Waals surface area contributed by atoms with E-state index in [1.807, 2.05) is 37.4 Å². The van der Waals surface area contributed by atoms with Crippen LogP contribution in [0.5, 0.6) is 0 Å². The second-order valence-corrected chi connectivity index (χ2v) is 6.02. The molecule has 3 rings (SSSR count). The van der Waals surface area contributed by atoms with Gasteiger partial charge in [0.2, 0.25) is 5.89 Å². The summed E-state index contributed by atoms with van der Waals surface area (Å²) in [7, 11) is 1.94. The Bertz CT molecular complexity index is 706. The Hall–Kier alpha value is -1.99. The number of rotatable bonds is 6. The number of benzene rings is 1. The number of likely N-dealkylation sites (N-methyl/N-ethyl adjacent to an activating group) is 1. The molecule has 1 aromatic carbocycles. The maximum absolute atomic E-state index is 11.8. The van der Waals surface area contributed by atoms with Crippen molar-refractivity contribution in [3.05, 3.63) is 35.2 Å². The lowest BCUT2D eigenvalue weighted by Gasteiger charge is -2.12. The van der Waals surface area contributed by atoms with Gasteiger partial charge in [0.25, 0.3) is 10.7 Å². The van der Waals surface area contributed by atoms with Gasteiger partial charge in [-0.05, 0) is 37.2 Å². The van der Waals surface area contributed by atoms with Crippen LogP contribution in [0.2, 0.25) is 0 Å². The van der Waals surface area contributed by atoms with E-state index in [1.54, 1.807) is 4.68 Å². The lowest BCUT2D eigenvalue weighted by molar-refractivity contribution is -0.895. The first-order valence-electron chi connectivity index (χ1n) is 7.36. The van der Waals surface area contributed by atoms with Gasteiger partial charge in [-0.15, -0.1) is 5.10 Å². The molecular weight excluding hydrogens is 300 g/mol. The van der Waals surface area contributed by atoms with Gasteiger partial charge in [0.05, 0.1) is 7.05 Å². The van der Waals surface area contributed by atoms with Crippen molar-refractivity contribution in [1.82, 2.24) is 15.1 Å². The fourth-order valence-corrected chi connectivity index (χ4v) is 2.38. The van der Waals surface area contributed by atoms with Gasteiger partial charge >= 0.3 is 0 Å². The van der Waals surface area contributed by atoms with Crippen molar-refractivity contribution >= 4 is 18.1 Å². The molecule has 0 bridgehead atoms. The molecule has 0 radical (unpaired) electrons. The fourth-order valence-electron chi connectivity index (χ4n) is 2.20. The highest BCUT2D eigenvalue weighted by Gasteiger charge is 2.24. The molecule has 1 saturated carbocycles. The van der Waals surface area contributed by atoms with Gasteiger partial charge in [0.1, 0.15) is 0 Å². The molecule has 1 aliphatic carbocycles. The third kappa shape index (κ3) is 3.80. The molecular formula is C15H19N4O2S+. The molecule has 22 heavy (non-hydrogen) atoms. The van der Waals surface area contributed by atoms with Gasteiger partial charge in [-0.25, -0.2) is 0 Å². The third-order valence-corrected chi connectivity index (χ3v) is 3.75. The predicted molar refractivity (Wildman–Crippen MR) is 83.7 cm³/mol. The van der Waals surface area contributed by atoms with Crippen molar-refractivity contribution in [2.75, 3.05) is 13.6 Å². The minimum atomic E-state index is 0.0679. The second-order valence-electron chi connectivity index (χ2n) is 5.67. The number of quaternary nitrogens is 1.